The van der Waals surface area contributed by atoms with Crippen LogP contribution in [0.15, 0.2) is 23.1 Å². The molecule has 8 nitrogen and oxygen atoms in total. The fourth-order valence-corrected chi connectivity index (χ4v) is 4.07. The molecule has 1 fully saturated rings. The van der Waals surface area contributed by atoms with Crippen molar-refractivity contribution in [2.75, 3.05) is 13.1 Å². The van der Waals surface area contributed by atoms with Crippen molar-refractivity contribution in [3.8, 4) is 0 Å². The van der Waals surface area contributed by atoms with Crippen molar-refractivity contribution in [3.63, 3.8) is 0 Å². The van der Waals surface area contributed by atoms with Gasteiger partial charge in [0.15, 0.2) is 0 Å². The highest BCUT2D eigenvalue weighted by Crippen LogP contribution is 2.24. The van der Waals surface area contributed by atoms with Crippen LogP contribution in [0.25, 0.3) is 0 Å². The lowest BCUT2D eigenvalue weighted by atomic mass is 10.1. The molecule has 0 saturated heterocycles. The third kappa shape index (κ3) is 4.51. The van der Waals surface area contributed by atoms with Gasteiger partial charge in [-0.05, 0) is 25.3 Å². The zero-order chi connectivity index (χ0) is 17.7. The predicted octanol–water partition coefficient (Wildman–Crippen LogP) is 1.49. The molecule has 2 N–H and O–H groups in total. The number of hydrogen-bond donors (Lipinski definition) is 2. The lowest BCUT2D eigenvalue weighted by Crippen LogP contribution is -2.37. The lowest BCUT2D eigenvalue weighted by molar-refractivity contribution is -0.385. The van der Waals surface area contributed by atoms with Crippen LogP contribution in [0.1, 0.15) is 31.2 Å². The van der Waals surface area contributed by atoms with E-state index in [1.54, 1.807) is 6.92 Å². The summed E-state index contributed by atoms with van der Waals surface area (Å²) in [5.41, 5.74) is 0.138. The summed E-state index contributed by atoms with van der Waals surface area (Å²) in [7, 11) is -3.87. The van der Waals surface area contributed by atoms with Gasteiger partial charge in [-0.2, -0.15) is 0 Å². The number of non-ortho nitro benzene ring substituents is 1. The SMILES string of the molecule is Cc1ccc([N+](=O)[O-])cc1S(=O)(=O)NCCNC(=O)C1CCCC1. The minimum absolute atomic E-state index is 0.0284. The van der Waals surface area contributed by atoms with Crippen LogP contribution < -0.4 is 10.0 Å². The Labute approximate surface area is 140 Å². The first kappa shape index (κ1) is 18.3. The summed E-state index contributed by atoms with van der Waals surface area (Å²) in [5.74, 6) is -0.0150. The van der Waals surface area contributed by atoms with Crippen molar-refractivity contribution in [1.29, 1.82) is 0 Å². The van der Waals surface area contributed by atoms with Gasteiger partial charge in [0.05, 0.1) is 9.82 Å². The summed E-state index contributed by atoms with van der Waals surface area (Å²) < 4.78 is 26.9. The van der Waals surface area contributed by atoms with E-state index in [0.29, 0.717) is 5.56 Å². The second kappa shape index (κ2) is 7.71. The van der Waals surface area contributed by atoms with Crippen LogP contribution in [0.3, 0.4) is 0 Å². The second-order valence-corrected chi connectivity index (χ2v) is 7.61. The number of nitrogens with zero attached hydrogens (tertiary/aromatic N) is 1. The average Bonchev–Trinajstić information content (AvgIpc) is 3.06. The van der Waals surface area contributed by atoms with Gasteiger partial charge in [-0.3, -0.25) is 14.9 Å². The Hall–Kier alpha value is -2.00. The molecule has 1 aliphatic rings. The molecule has 0 spiro atoms. The van der Waals surface area contributed by atoms with Crippen molar-refractivity contribution in [1.82, 2.24) is 10.0 Å². The highest BCUT2D eigenvalue weighted by Gasteiger charge is 2.23. The van der Waals surface area contributed by atoms with E-state index in [-0.39, 0.29) is 35.5 Å². The highest BCUT2D eigenvalue weighted by molar-refractivity contribution is 7.89. The Bertz CT molecular complexity index is 727. The Morgan fingerprint density at radius 3 is 2.58 bits per heavy atom. The lowest BCUT2D eigenvalue weighted by Gasteiger charge is -2.12. The van der Waals surface area contributed by atoms with Crippen LogP contribution >= 0.6 is 0 Å². The first-order chi connectivity index (χ1) is 11.3. The molecule has 0 atom stereocenters. The van der Waals surface area contributed by atoms with E-state index >= 15 is 0 Å². The second-order valence-electron chi connectivity index (χ2n) is 5.88. The summed E-state index contributed by atoms with van der Waals surface area (Å²) >= 11 is 0. The van der Waals surface area contributed by atoms with Crippen LogP contribution in [0.4, 0.5) is 5.69 Å². The number of benzene rings is 1. The number of nitro groups is 1. The van der Waals surface area contributed by atoms with E-state index in [2.05, 4.69) is 10.0 Å². The number of hydrogen-bond acceptors (Lipinski definition) is 5. The number of nitro benzene ring substituents is 1. The van der Waals surface area contributed by atoms with E-state index in [4.69, 9.17) is 0 Å². The van der Waals surface area contributed by atoms with Gasteiger partial charge < -0.3 is 5.32 Å². The molecule has 1 saturated carbocycles. The maximum atomic E-state index is 12.3. The van der Waals surface area contributed by atoms with Gasteiger partial charge in [-0.1, -0.05) is 18.9 Å². The van der Waals surface area contributed by atoms with E-state index < -0.39 is 14.9 Å². The minimum Gasteiger partial charge on any atom is -0.355 e. The normalized spacial score (nSPS) is 15.4. The third-order valence-electron chi connectivity index (χ3n) is 4.11. The molecule has 1 aromatic rings. The van der Waals surface area contributed by atoms with Crippen LogP contribution in [0, 0.1) is 23.0 Å². The largest absolute Gasteiger partial charge is 0.355 e. The zero-order valence-electron chi connectivity index (χ0n) is 13.4. The van der Waals surface area contributed by atoms with Gasteiger partial charge in [-0.15, -0.1) is 0 Å². The van der Waals surface area contributed by atoms with Crippen molar-refractivity contribution < 1.29 is 18.1 Å². The summed E-state index contributed by atoms with van der Waals surface area (Å²) in [6.07, 6.45) is 3.86. The van der Waals surface area contributed by atoms with Crippen molar-refractivity contribution >= 4 is 21.6 Å². The van der Waals surface area contributed by atoms with Crippen LogP contribution in [-0.2, 0) is 14.8 Å². The Balaban J connectivity index is 1.92. The molecular formula is C15H21N3O5S. The quantitative estimate of drug-likeness (QED) is 0.436. The number of carbonyl (C=O) groups is 1. The number of carbonyl (C=O) groups excluding carboxylic acids is 1. The fraction of sp³-hybridized carbons (Fsp3) is 0.533. The molecule has 0 radical (unpaired) electrons. The molecule has 132 valence electrons. The molecule has 0 aliphatic heterocycles. The molecule has 1 aromatic carbocycles. The van der Waals surface area contributed by atoms with Crippen molar-refractivity contribution in [2.24, 2.45) is 5.92 Å². The number of nitrogens with one attached hydrogen (secondary N) is 2. The van der Waals surface area contributed by atoms with Crippen LogP contribution in [0.5, 0.6) is 0 Å². The molecule has 2 rings (SSSR count). The van der Waals surface area contributed by atoms with Gasteiger partial charge in [0.1, 0.15) is 0 Å². The first-order valence-electron chi connectivity index (χ1n) is 7.83. The Kier molecular flexibility index (Phi) is 5.89. The Morgan fingerprint density at radius 1 is 1.29 bits per heavy atom. The first-order valence-corrected chi connectivity index (χ1v) is 9.32. The average molecular weight is 355 g/mol. The molecule has 24 heavy (non-hydrogen) atoms. The third-order valence-corrected chi connectivity index (χ3v) is 5.72. The van der Waals surface area contributed by atoms with E-state index in [9.17, 15) is 23.3 Å². The maximum Gasteiger partial charge on any atom is 0.270 e. The maximum absolute atomic E-state index is 12.3. The monoisotopic (exact) mass is 355 g/mol. The van der Waals surface area contributed by atoms with Crippen molar-refractivity contribution in [2.45, 2.75) is 37.5 Å². The number of sulfonamides is 1. The molecule has 9 heteroatoms. The molecule has 0 heterocycles. The van der Waals surface area contributed by atoms with Crippen molar-refractivity contribution in [3.05, 3.63) is 33.9 Å². The minimum atomic E-state index is -3.87. The topological polar surface area (TPSA) is 118 Å². The van der Waals surface area contributed by atoms with E-state index in [1.807, 2.05) is 0 Å². The van der Waals surface area contributed by atoms with Gasteiger partial charge in [0.25, 0.3) is 5.69 Å². The van der Waals surface area contributed by atoms with E-state index in [0.717, 1.165) is 31.7 Å². The molecule has 0 unspecified atom stereocenters. The highest BCUT2D eigenvalue weighted by atomic mass is 32.2. The van der Waals surface area contributed by atoms with Gasteiger partial charge >= 0.3 is 0 Å². The molecule has 1 amide bonds. The summed E-state index contributed by atoms with van der Waals surface area (Å²) in [6.45, 7) is 1.78. The van der Waals surface area contributed by atoms with Gasteiger partial charge in [0, 0.05) is 31.1 Å². The summed E-state index contributed by atoms with van der Waals surface area (Å²) in [4.78, 5) is 21.9. The molecule has 0 bridgehead atoms. The summed E-state index contributed by atoms with van der Waals surface area (Å²) in [5, 5.41) is 13.5. The Morgan fingerprint density at radius 2 is 1.96 bits per heavy atom. The summed E-state index contributed by atoms with van der Waals surface area (Å²) in [6, 6.07) is 3.69. The molecular weight excluding hydrogens is 334 g/mol. The number of aryl methyl sites for hydroxylation is 1. The van der Waals surface area contributed by atoms with E-state index in [1.165, 1.54) is 12.1 Å². The molecule has 1 aliphatic carbocycles. The smallest absolute Gasteiger partial charge is 0.270 e. The van der Waals surface area contributed by atoms with Gasteiger partial charge in [-0.25, -0.2) is 13.1 Å². The zero-order valence-corrected chi connectivity index (χ0v) is 14.3. The molecule has 0 aromatic heterocycles. The number of rotatable bonds is 7. The standard InChI is InChI=1S/C15H21N3O5S/c1-11-6-7-13(18(20)21)10-14(11)24(22,23)17-9-8-16-15(19)12-4-2-3-5-12/h6-7,10,12,17H,2-5,8-9H2,1H3,(H,16,19). The van der Waals surface area contributed by atoms with Crippen LogP contribution in [0.2, 0.25) is 0 Å². The fourth-order valence-electron chi connectivity index (χ4n) is 2.77. The predicted molar refractivity (Wildman–Crippen MR) is 88.0 cm³/mol. The van der Waals surface area contributed by atoms with Crippen LogP contribution in [-0.4, -0.2) is 32.3 Å². The number of amides is 1. The van der Waals surface area contributed by atoms with Gasteiger partial charge in [0.2, 0.25) is 15.9 Å².